The molecule has 2 aliphatic rings. The van der Waals surface area contributed by atoms with Gasteiger partial charge in [-0.05, 0) is 58.9 Å². The number of guanidine groups is 1. The highest BCUT2D eigenvalue weighted by atomic mass is 16.2. The van der Waals surface area contributed by atoms with E-state index < -0.39 is 0 Å². The van der Waals surface area contributed by atoms with Gasteiger partial charge in [0, 0.05) is 38.8 Å². The molecule has 144 valence electrons. The lowest BCUT2D eigenvalue weighted by molar-refractivity contribution is -0.130. The fourth-order valence-corrected chi connectivity index (χ4v) is 3.71. The summed E-state index contributed by atoms with van der Waals surface area (Å²) in [6, 6.07) is 0.720. The third kappa shape index (κ3) is 7.22. The second-order valence-electron chi connectivity index (χ2n) is 7.30. The van der Waals surface area contributed by atoms with E-state index in [9.17, 15) is 4.79 Å². The number of carbonyl (C=O) groups is 1. The Bertz CT molecular complexity index is 420. The van der Waals surface area contributed by atoms with E-state index in [1.165, 1.54) is 32.2 Å². The maximum absolute atomic E-state index is 12.2. The number of hydrogen-bond donors (Lipinski definition) is 2. The molecule has 0 aromatic carbocycles. The SMILES string of the molecule is CCNC(=NCC(=O)N1CCCCC1)NCCCN1CCCCC1C. The fraction of sp³-hybridized carbons (Fsp3) is 0.895. The summed E-state index contributed by atoms with van der Waals surface area (Å²) >= 11 is 0. The van der Waals surface area contributed by atoms with Gasteiger partial charge >= 0.3 is 0 Å². The first-order valence-electron chi connectivity index (χ1n) is 10.2. The Kier molecular flexibility index (Phi) is 9.08. The Morgan fingerprint density at radius 2 is 1.84 bits per heavy atom. The highest BCUT2D eigenvalue weighted by Gasteiger charge is 2.17. The molecule has 0 saturated carbocycles. The molecule has 0 radical (unpaired) electrons. The summed E-state index contributed by atoms with van der Waals surface area (Å²) in [5.74, 6) is 0.915. The zero-order valence-corrected chi connectivity index (χ0v) is 16.2. The van der Waals surface area contributed by atoms with Crippen molar-refractivity contribution in [3.8, 4) is 0 Å². The third-order valence-corrected chi connectivity index (χ3v) is 5.28. The van der Waals surface area contributed by atoms with Gasteiger partial charge in [-0.15, -0.1) is 0 Å². The molecular weight excluding hydrogens is 314 g/mol. The predicted octanol–water partition coefficient (Wildman–Crippen LogP) is 1.82. The molecule has 2 N–H and O–H groups in total. The van der Waals surface area contributed by atoms with Gasteiger partial charge in [-0.1, -0.05) is 6.42 Å². The number of carbonyl (C=O) groups excluding carboxylic acids is 1. The summed E-state index contributed by atoms with van der Waals surface area (Å²) in [5, 5.41) is 6.62. The van der Waals surface area contributed by atoms with Crippen LogP contribution < -0.4 is 10.6 Å². The maximum atomic E-state index is 12.2. The zero-order valence-electron chi connectivity index (χ0n) is 16.2. The van der Waals surface area contributed by atoms with Crippen LogP contribution >= 0.6 is 0 Å². The normalized spacial score (nSPS) is 22.7. The van der Waals surface area contributed by atoms with Crippen molar-refractivity contribution in [3.63, 3.8) is 0 Å². The molecule has 0 aromatic heterocycles. The summed E-state index contributed by atoms with van der Waals surface area (Å²) in [5.41, 5.74) is 0. The van der Waals surface area contributed by atoms with Crippen molar-refractivity contribution in [2.75, 3.05) is 45.8 Å². The summed E-state index contributed by atoms with van der Waals surface area (Å²) in [6.07, 6.45) is 8.64. The highest BCUT2D eigenvalue weighted by molar-refractivity contribution is 5.84. The van der Waals surface area contributed by atoms with Gasteiger partial charge in [0.15, 0.2) is 5.96 Å². The van der Waals surface area contributed by atoms with Crippen LogP contribution in [0, 0.1) is 0 Å². The average molecular weight is 352 g/mol. The Hall–Kier alpha value is -1.30. The molecule has 0 spiro atoms. The second kappa shape index (κ2) is 11.3. The standard InChI is InChI=1S/C19H37N5O/c1-3-20-19(22-16-18(25)24-13-6-4-7-14-24)21-11-9-15-23-12-8-5-10-17(23)2/h17H,3-16H2,1-2H3,(H2,20,21,22). The third-order valence-electron chi connectivity index (χ3n) is 5.28. The number of likely N-dealkylation sites (tertiary alicyclic amines) is 2. The minimum absolute atomic E-state index is 0.152. The van der Waals surface area contributed by atoms with Gasteiger partial charge in [0.05, 0.1) is 0 Å². The van der Waals surface area contributed by atoms with Crippen molar-refractivity contribution in [2.45, 2.75) is 64.8 Å². The molecular formula is C19H37N5O. The van der Waals surface area contributed by atoms with Crippen molar-refractivity contribution in [3.05, 3.63) is 0 Å². The number of hydrogen-bond acceptors (Lipinski definition) is 3. The predicted molar refractivity (Wildman–Crippen MR) is 104 cm³/mol. The van der Waals surface area contributed by atoms with Crippen molar-refractivity contribution in [1.29, 1.82) is 0 Å². The van der Waals surface area contributed by atoms with Crippen molar-refractivity contribution < 1.29 is 4.79 Å². The first kappa shape index (κ1) is 20.0. The van der Waals surface area contributed by atoms with Crippen LogP contribution in [0.4, 0.5) is 0 Å². The van der Waals surface area contributed by atoms with E-state index in [1.807, 2.05) is 4.90 Å². The van der Waals surface area contributed by atoms with E-state index in [4.69, 9.17) is 0 Å². The summed E-state index contributed by atoms with van der Waals surface area (Å²) < 4.78 is 0. The minimum atomic E-state index is 0.152. The summed E-state index contributed by atoms with van der Waals surface area (Å²) in [6.45, 7) is 10.5. The number of piperidine rings is 2. The second-order valence-corrected chi connectivity index (χ2v) is 7.30. The van der Waals surface area contributed by atoms with E-state index in [1.54, 1.807) is 0 Å². The van der Waals surface area contributed by atoms with Gasteiger partial charge in [-0.3, -0.25) is 4.79 Å². The van der Waals surface area contributed by atoms with Crippen LogP contribution in [0.15, 0.2) is 4.99 Å². The van der Waals surface area contributed by atoms with Crippen LogP contribution in [0.5, 0.6) is 0 Å². The maximum Gasteiger partial charge on any atom is 0.244 e. The van der Waals surface area contributed by atoms with Crippen LogP contribution in [-0.4, -0.2) is 73.5 Å². The van der Waals surface area contributed by atoms with E-state index in [-0.39, 0.29) is 12.5 Å². The highest BCUT2D eigenvalue weighted by Crippen LogP contribution is 2.16. The molecule has 1 atom stereocenters. The number of rotatable bonds is 7. The van der Waals surface area contributed by atoms with Gasteiger partial charge < -0.3 is 20.4 Å². The lowest BCUT2D eigenvalue weighted by atomic mass is 10.0. The van der Waals surface area contributed by atoms with Crippen LogP contribution in [0.2, 0.25) is 0 Å². The quantitative estimate of drug-likeness (QED) is 0.417. The minimum Gasteiger partial charge on any atom is -0.357 e. The summed E-state index contributed by atoms with van der Waals surface area (Å²) in [4.78, 5) is 21.3. The van der Waals surface area contributed by atoms with E-state index in [0.29, 0.717) is 0 Å². The van der Waals surface area contributed by atoms with E-state index in [2.05, 4.69) is 34.4 Å². The number of nitrogens with one attached hydrogen (secondary N) is 2. The van der Waals surface area contributed by atoms with E-state index >= 15 is 0 Å². The Morgan fingerprint density at radius 3 is 2.56 bits per heavy atom. The molecule has 6 heteroatoms. The Balaban J connectivity index is 1.68. The largest absolute Gasteiger partial charge is 0.357 e. The average Bonchev–Trinajstić information content (AvgIpc) is 2.65. The zero-order chi connectivity index (χ0) is 17.9. The Morgan fingerprint density at radius 1 is 1.08 bits per heavy atom. The molecule has 2 rings (SSSR count). The number of nitrogens with zero attached hydrogens (tertiary/aromatic N) is 3. The van der Waals surface area contributed by atoms with Crippen molar-refractivity contribution in [2.24, 2.45) is 4.99 Å². The molecule has 1 unspecified atom stereocenters. The van der Waals surface area contributed by atoms with Gasteiger partial charge in [0.2, 0.25) is 5.91 Å². The van der Waals surface area contributed by atoms with Gasteiger partial charge in [0.1, 0.15) is 6.54 Å². The number of amides is 1. The lowest BCUT2D eigenvalue weighted by Crippen LogP contribution is -2.42. The van der Waals surface area contributed by atoms with Crippen LogP contribution in [-0.2, 0) is 4.79 Å². The molecule has 2 saturated heterocycles. The summed E-state index contributed by atoms with van der Waals surface area (Å²) in [7, 11) is 0. The topological polar surface area (TPSA) is 60.0 Å². The molecule has 0 aromatic rings. The molecule has 1 amide bonds. The molecule has 2 fully saturated rings. The first-order valence-corrected chi connectivity index (χ1v) is 10.2. The van der Waals surface area contributed by atoms with E-state index in [0.717, 1.165) is 64.0 Å². The molecule has 2 aliphatic heterocycles. The molecule has 25 heavy (non-hydrogen) atoms. The van der Waals surface area contributed by atoms with Crippen LogP contribution in [0.1, 0.15) is 58.8 Å². The van der Waals surface area contributed by atoms with Crippen molar-refractivity contribution in [1.82, 2.24) is 20.4 Å². The fourth-order valence-electron chi connectivity index (χ4n) is 3.71. The van der Waals surface area contributed by atoms with Gasteiger partial charge in [-0.25, -0.2) is 4.99 Å². The monoisotopic (exact) mass is 351 g/mol. The molecule has 0 bridgehead atoms. The molecule has 6 nitrogen and oxygen atoms in total. The van der Waals surface area contributed by atoms with Crippen LogP contribution in [0.25, 0.3) is 0 Å². The number of aliphatic imine (C=N–C) groups is 1. The Labute approximate surface area is 153 Å². The van der Waals surface area contributed by atoms with Crippen LogP contribution in [0.3, 0.4) is 0 Å². The lowest BCUT2D eigenvalue weighted by Gasteiger charge is -2.33. The molecule has 2 heterocycles. The first-order chi connectivity index (χ1) is 12.2. The van der Waals surface area contributed by atoms with Gasteiger partial charge in [0.25, 0.3) is 0 Å². The van der Waals surface area contributed by atoms with Crippen molar-refractivity contribution >= 4 is 11.9 Å². The molecule has 0 aliphatic carbocycles. The van der Waals surface area contributed by atoms with Gasteiger partial charge in [-0.2, -0.15) is 0 Å². The smallest absolute Gasteiger partial charge is 0.244 e.